The lowest BCUT2D eigenvalue weighted by molar-refractivity contribution is -0.167. The molecule has 60 heavy (non-hydrogen) atoms. The highest BCUT2D eigenvalue weighted by Crippen LogP contribution is 2.14. The van der Waals surface area contributed by atoms with Crippen molar-refractivity contribution in [1.82, 2.24) is 0 Å². The number of rotatable bonds is 45. The summed E-state index contributed by atoms with van der Waals surface area (Å²) >= 11 is 0. The molecule has 0 aliphatic heterocycles. The Bertz CT molecular complexity index is 1100. The van der Waals surface area contributed by atoms with Crippen LogP contribution in [0.3, 0.4) is 0 Å². The summed E-state index contributed by atoms with van der Waals surface area (Å²) in [6, 6.07) is 0. The molecule has 0 amide bonds. The molecule has 0 spiro atoms. The van der Waals surface area contributed by atoms with Gasteiger partial charge in [-0.1, -0.05) is 191 Å². The van der Waals surface area contributed by atoms with Crippen LogP contribution in [-0.2, 0) is 28.6 Å². The zero-order valence-electron chi connectivity index (χ0n) is 39.5. The van der Waals surface area contributed by atoms with E-state index < -0.39 is 6.10 Å². The van der Waals surface area contributed by atoms with E-state index in [0.29, 0.717) is 19.3 Å². The Labute approximate surface area is 370 Å². The number of carbonyl (C=O) groups is 3. The molecule has 346 valence electrons. The topological polar surface area (TPSA) is 78.9 Å². The molecule has 0 aromatic carbocycles. The Balaban J connectivity index is 4.40. The Kier molecular flexibility index (Phi) is 46.4. The van der Waals surface area contributed by atoms with Crippen molar-refractivity contribution in [3.63, 3.8) is 0 Å². The van der Waals surface area contributed by atoms with Crippen molar-refractivity contribution < 1.29 is 28.6 Å². The number of ether oxygens (including phenoxy) is 3. The van der Waals surface area contributed by atoms with Gasteiger partial charge in [0, 0.05) is 19.3 Å². The minimum atomic E-state index is -0.803. The summed E-state index contributed by atoms with van der Waals surface area (Å²) in [5.41, 5.74) is 0. The van der Waals surface area contributed by atoms with Gasteiger partial charge in [0.25, 0.3) is 0 Å². The molecular formula is C54H94O6. The zero-order chi connectivity index (χ0) is 43.7. The van der Waals surface area contributed by atoms with Crippen LogP contribution in [0.1, 0.15) is 245 Å². The first-order chi connectivity index (χ1) is 29.5. The quantitative estimate of drug-likeness (QED) is 0.0263. The summed E-state index contributed by atoms with van der Waals surface area (Å²) < 4.78 is 16.7. The molecule has 0 aliphatic rings. The van der Waals surface area contributed by atoms with E-state index in [2.05, 4.69) is 81.5 Å². The molecule has 1 atom stereocenters. The number of unbranched alkanes of at least 4 members (excludes halogenated alkanes) is 24. The second kappa shape index (κ2) is 48.8. The molecule has 0 bridgehead atoms. The molecule has 0 N–H and O–H groups in total. The van der Waals surface area contributed by atoms with Gasteiger partial charge in [0.15, 0.2) is 6.10 Å². The van der Waals surface area contributed by atoms with Crippen molar-refractivity contribution in [1.29, 1.82) is 0 Å². The first-order valence-electron chi connectivity index (χ1n) is 25.3. The molecular weight excluding hydrogens is 745 g/mol. The molecule has 0 saturated carbocycles. The van der Waals surface area contributed by atoms with Crippen molar-refractivity contribution in [2.75, 3.05) is 13.2 Å². The van der Waals surface area contributed by atoms with Crippen molar-refractivity contribution >= 4 is 17.9 Å². The number of hydrogen-bond donors (Lipinski definition) is 0. The summed E-state index contributed by atoms with van der Waals surface area (Å²) in [6.45, 7) is 6.45. The van der Waals surface area contributed by atoms with Gasteiger partial charge in [-0.2, -0.15) is 0 Å². The van der Waals surface area contributed by atoms with Crippen LogP contribution >= 0.6 is 0 Å². The fraction of sp³-hybridized carbons (Fsp3) is 0.759. The third-order valence-corrected chi connectivity index (χ3v) is 10.7. The second-order valence-corrected chi connectivity index (χ2v) is 16.7. The monoisotopic (exact) mass is 839 g/mol. The highest BCUT2D eigenvalue weighted by molar-refractivity contribution is 5.71. The lowest BCUT2D eigenvalue weighted by atomic mass is 10.1. The Morgan fingerprint density at radius 2 is 0.667 bits per heavy atom. The molecule has 0 aliphatic carbocycles. The van der Waals surface area contributed by atoms with E-state index in [-0.39, 0.29) is 37.5 Å². The average molecular weight is 839 g/mol. The van der Waals surface area contributed by atoms with E-state index in [4.69, 9.17) is 14.2 Å². The van der Waals surface area contributed by atoms with E-state index in [1.807, 2.05) is 0 Å². The maximum Gasteiger partial charge on any atom is 0.306 e. The summed E-state index contributed by atoms with van der Waals surface area (Å²) in [4.78, 5) is 37.8. The van der Waals surface area contributed by atoms with Gasteiger partial charge < -0.3 is 14.2 Å². The highest BCUT2D eigenvalue weighted by Gasteiger charge is 2.19. The molecule has 0 rings (SSSR count). The largest absolute Gasteiger partial charge is 0.462 e. The van der Waals surface area contributed by atoms with Crippen LogP contribution in [0.5, 0.6) is 0 Å². The molecule has 6 heteroatoms. The number of allylic oxidation sites excluding steroid dienone is 10. The molecule has 0 saturated heterocycles. The molecule has 0 aromatic heterocycles. The Morgan fingerprint density at radius 1 is 0.350 bits per heavy atom. The first-order valence-corrected chi connectivity index (χ1v) is 25.3. The number of carbonyl (C=O) groups excluding carboxylic acids is 3. The van der Waals surface area contributed by atoms with Gasteiger partial charge >= 0.3 is 17.9 Å². The van der Waals surface area contributed by atoms with Gasteiger partial charge in [0.2, 0.25) is 0 Å². The normalized spacial score (nSPS) is 12.5. The van der Waals surface area contributed by atoms with Gasteiger partial charge in [-0.25, -0.2) is 0 Å². The maximum atomic E-state index is 12.7. The lowest BCUT2D eigenvalue weighted by Gasteiger charge is -2.18. The van der Waals surface area contributed by atoms with Gasteiger partial charge in [-0.15, -0.1) is 0 Å². The molecule has 0 radical (unpaired) electrons. The van der Waals surface area contributed by atoms with E-state index >= 15 is 0 Å². The Hall–Kier alpha value is -2.89. The van der Waals surface area contributed by atoms with Crippen molar-refractivity contribution in [3.8, 4) is 0 Å². The molecule has 1 unspecified atom stereocenters. The first kappa shape index (κ1) is 57.1. The predicted octanol–water partition coefficient (Wildman–Crippen LogP) is 16.5. The van der Waals surface area contributed by atoms with Crippen molar-refractivity contribution in [3.05, 3.63) is 60.8 Å². The summed E-state index contributed by atoms with van der Waals surface area (Å²) in [5.74, 6) is -0.979. The molecule has 0 heterocycles. The minimum Gasteiger partial charge on any atom is -0.462 e. The molecule has 0 aromatic rings. The smallest absolute Gasteiger partial charge is 0.306 e. The van der Waals surface area contributed by atoms with Gasteiger partial charge in [-0.05, 0) is 96.3 Å². The predicted molar refractivity (Wildman–Crippen MR) is 256 cm³/mol. The average Bonchev–Trinajstić information content (AvgIpc) is 3.24. The fourth-order valence-electron chi connectivity index (χ4n) is 6.92. The maximum absolute atomic E-state index is 12.7. The van der Waals surface area contributed by atoms with Crippen LogP contribution < -0.4 is 0 Å². The van der Waals surface area contributed by atoms with Crippen molar-refractivity contribution in [2.24, 2.45) is 0 Å². The summed E-state index contributed by atoms with van der Waals surface area (Å²) in [6.07, 6.45) is 59.3. The van der Waals surface area contributed by atoms with Crippen LogP contribution in [0, 0.1) is 0 Å². The van der Waals surface area contributed by atoms with Crippen LogP contribution in [0.15, 0.2) is 60.8 Å². The minimum absolute atomic E-state index is 0.100. The van der Waals surface area contributed by atoms with E-state index in [1.165, 1.54) is 116 Å². The van der Waals surface area contributed by atoms with Crippen LogP contribution in [-0.4, -0.2) is 37.2 Å². The van der Waals surface area contributed by atoms with Crippen molar-refractivity contribution in [2.45, 2.75) is 252 Å². The summed E-state index contributed by atoms with van der Waals surface area (Å²) in [5, 5.41) is 0. The van der Waals surface area contributed by atoms with Gasteiger partial charge in [-0.3, -0.25) is 14.4 Å². The lowest BCUT2D eigenvalue weighted by Crippen LogP contribution is -2.30. The van der Waals surface area contributed by atoms with Crippen LogP contribution in [0.4, 0.5) is 0 Å². The van der Waals surface area contributed by atoms with Gasteiger partial charge in [0.1, 0.15) is 13.2 Å². The SMILES string of the molecule is CC/C=C\C/C=C\C/C=C\CCCC(=O)OCC(COC(=O)CCCCCCC/C=C\CCCCCCCCCCC)OC(=O)CCCCC/C=C\CCCCCCCC. The fourth-order valence-corrected chi connectivity index (χ4v) is 6.92. The van der Waals surface area contributed by atoms with E-state index in [1.54, 1.807) is 0 Å². The number of hydrogen-bond acceptors (Lipinski definition) is 6. The molecule has 6 nitrogen and oxygen atoms in total. The van der Waals surface area contributed by atoms with Crippen LogP contribution in [0.2, 0.25) is 0 Å². The van der Waals surface area contributed by atoms with Crippen LogP contribution in [0.25, 0.3) is 0 Å². The molecule has 0 fully saturated rings. The third-order valence-electron chi connectivity index (χ3n) is 10.7. The standard InChI is InChI=1S/C54H94O6/c1-4-7-10-13-16-19-22-24-25-26-27-28-30-32-35-38-41-44-47-53(56)59-50-51(49-58-52(55)46-43-40-37-34-31-21-18-15-12-9-6-3)60-54(57)48-45-42-39-36-33-29-23-20-17-14-11-8-5-2/h9,12,18,21,27-29,33-34,37,51H,4-8,10-11,13-17,19-20,22-26,30-32,35-36,38-50H2,1-3H3/b12-9-,21-18-,28-27-,33-29-,37-34-. The Morgan fingerprint density at radius 3 is 1.12 bits per heavy atom. The summed E-state index contributed by atoms with van der Waals surface area (Å²) in [7, 11) is 0. The third kappa shape index (κ3) is 46.2. The number of esters is 3. The van der Waals surface area contributed by atoms with Gasteiger partial charge in [0.05, 0.1) is 0 Å². The van der Waals surface area contributed by atoms with E-state index in [9.17, 15) is 14.4 Å². The second-order valence-electron chi connectivity index (χ2n) is 16.7. The van der Waals surface area contributed by atoms with E-state index in [0.717, 1.165) is 83.5 Å². The highest BCUT2D eigenvalue weighted by atomic mass is 16.6. The zero-order valence-corrected chi connectivity index (χ0v) is 39.5.